The van der Waals surface area contributed by atoms with Crippen LogP contribution in [0.25, 0.3) is 0 Å². The molecular weight excluding hydrogens is 378 g/mol. The molecule has 2 atom stereocenters. The van der Waals surface area contributed by atoms with Crippen LogP contribution in [0.5, 0.6) is 0 Å². The second-order valence-corrected chi connectivity index (χ2v) is 8.00. The number of nitrogens with zero attached hydrogens (tertiary/aromatic N) is 1. The normalized spacial score (nSPS) is 25.2. The molecule has 4 rings (SSSR count). The van der Waals surface area contributed by atoms with E-state index in [2.05, 4.69) is 17.6 Å². The molecule has 0 radical (unpaired) electrons. The van der Waals surface area contributed by atoms with Crippen LogP contribution in [-0.2, 0) is 0 Å². The lowest BCUT2D eigenvalue weighted by atomic mass is 9.94. The highest BCUT2D eigenvalue weighted by Crippen LogP contribution is 2.31. The number of imide groups is 1. The zero-order valence-corrected chi connectivity index (χ0v) is 17.0. The fraction of sp³-hybridized carbons (Fsp3) is 0.571. The molecule has 6 nitrogen and oxygen atoms in total. The monoisotopic (exact) mass is 405 g/mol. The molecule has 0 bridgehead atoms. The van der Waals surface area contributed by atoms with Gasteiger partial charge in [0, 0.05) is 23.7 Å². The fourth-order valence-corrected chi connectivity index (χ4v) is 4.56. The number of carbonyl (C=O) groups excluding carboxylic acids is 3. The molecule has 2 aliphatic heterocycles. The van der Waals surface area contributed by atoms with E-state index in [0.717, 1.165) is 45.1 Å². The molecule has 3 aliphatic rings. The minimum Gasteiger partial charge on any atom is -0.348 e. The van der Waals surface area contributed by atoms with Gasteiger partial charge in [0.1, 0.15) is 0 Å². The molecule has 1 saturated carbocycles. The number of benzene rings is 1. The van der Waals surface area contributed by atoms with Gasteiger partial charge in [0.2, 0.25) is 0 Å². The Kier molecular flexibility index (Phi) is 6.40. The van der Waals surface area contributed by atoms with Crippen molar-refractivity contribution in [2.75, 3.05) is 6.54 Å². The number of carbonyl (C=O) groups is 3. The Balaban J connectivity index is 0.00000225. The van der Waals surface area contributed by atoms with E-state index in [0.29, 0.717) is 16.7 Å². The summed E-state index contributed by atoms with van der Waals surface area (Å²) in [7, 11) is 0. The van der Waals surface area contributed by atoms with Crippen LogP contribution in [0.15, 0.2) is 18.2 Å². The van der Waals surface area contributed by atoms with Crippen LogP contribution in [0, 0.1) is 0 Å². The highest BCUT2D eigenvalue weighted by atomic mass is 35.5. The number of halogens is 1. The van der Waals surface area contributed by atoms with Crippen molar-refractivity contribution in [2.24, 2.45) is 0 Å². The van der Waals surface area contributed by atoms with Crippen molar-refractivity contribution < 1.29 is 14.4 Å². The lowest BCUT2D eigenvalue weighted by Gasteiger charge is -2.30. The van der Waals surface area contributed by atoms with Gasteiger partial charge in [0.15, 0.2) is 0 Å². The van der Waals surface area contributed by atoms with E-state index in [9.17, 15) is 14.4 Å². The Morgan fingerprint density at radius 3 is 2.46 bits per heavy atom. The standard InChI is InChI=1S/C21H27N3O3.ClH/c1-13-18(8-5-11-22-13)23-19(25)14-9-10-16-17(12-14)21(27)24(20(16)26)15-6-3-2-4-7-15;/h9-10,12-13,15,18,22H,2-8,11H2,1H3,(H,23,25);1H. The molecule has 2 N–H and O–H groups in total. The summed E-state index contributed by atoms with van der Waals surface area (Å²) in [5.41, 5.74) is 1.24. The summed E-state index contributed by atoms with van der Waals surface area (Å²) in [5.74, 6) is -0.641. The number of hydrogen-bond donors (Lipinski definition) is 2. The Hall–Kier alpha value is -1.92. The first-order valence-electron chi connectivity index (χ1n) is 10.1. The molecule has 1 saturated heterocycles. The Bertz CT molecular complexity index is 776. The summed E-state index contributed by atoms with van der Waals surface area (Å²) >= 11 is 0. The average Bonchev–Trinajstić information content (AvgIpc) is 2.94. The maximum atomic E-state index is 12.9. The van der Waals surface area contributed by atoms with Crippen molar-refractivity contribution in [1.29, 1.82) is 0 Å². The first-order valence-corrected chi connectivity index (χ1v) is 10.1. The van der Waals surface area contributed by atoms with Gasteiger partial charge in [0.25, 0.3) is 17.7 Å². The van der Waals surface area contributed by atoms with Gasteiger partial charge in [-0.2, -0.15) is 0 Å². The number of piperidine rings is 1. The third-order valence-corrected chi connectivity index (χ3v) is 6.20. The fourth-order valence-electron chi connectivity index (χ4n) is 4.56. The van der Waals surface area contributed by atoms with Crippen molar-refractivity contribution in [2.45, 2.75) is 70.0 Å². The van der Waals surface area contributed by atoms with Gasteiger partial charge in [0.05, 0.1) is 11.1 Å². The number of rotatable bonds is 3. The maximum Gasteiger partial charge on any atom is 0.261 e. The molecular formula is C21H28ClN3O3. The van der Waals surface area contributed by atoms with Crippen LogP contribution >= 0.6 is 12.4 Å². The quantitative estimate of drug-likeness (QED) is 0.758. The van der Waals surface area contributed by atoms with Crippen molar-refractivity contribution in [3.63, 3.8) is 0 Å². The highest BCUT2D eigenvalue weighted by Gasteiger charge is 2.40. The summed E-state index contributed by atoms with van der Waals surface area (Å²) in [5, 5.41) is 6.43. The van der Waals surface area contributed by atoms with Gasteiger partial charge < -0.3 is 10.6 Å². The van der Waals surface area contributed by atoms with E-state index in [1.807, 2.05) is 0 Å². The SMILES string of the molecule is CC1NCCCC1NC(=O)c1ccc2c(c1)C(=O)N(C1CCCCC1)C2=O.Cl. The summed E-state index contributed by atoms with van der Waals surface area (Å²) in [6, 6.07) is 5.19. The average molecular weight is 406 g/mol. The number of amides is 3. The Morgan fingerprint density at radius 2 is 1.75 bits per heavy atom. The molecule has 3 amide bonds. The zero-order chi connectivity index (χ0) is 19.0. The van der Waals surface area contributed by atoms with Crippen LogP contribution in [0.2, 0.25) is 0 Å². The third kappa shape index (κ3) is 3.80. The molecule has 1 aliphatic carbocycles. The second-order valence-electron chi connectivity index (χ2n) is 8.00. The van der Waals surface area contributed by atoms with Gasteiger partial charge in [-0.1, -0.05) is 19.3 Å². The molecule has 7 heteroatoms. The van der Waals surface area contributed by atoms with Crippen molar-refractivity contribution in [3.05, 3.63) is 34.9 Å². The molecule has 152 valence electrons. The summed E-state index contributed by atoms with van der Waals surface area (Å²) in [6.45, 7) is 3.04. The minimum atomic E-state index is -0.246. The second kappa shape index (κ2) is 8.62. The van der Waals surface area contributed by atoms with Gasteiger partial charge in [-0.25, -0.2) is 0 Å². The molecule has 0 spiro atoms. The largest absolute Gasteiger partial charge is 0.348 e. The minimum absolute atomic E-state index is 0. The van der Waals surface area contributed by atoms with E-state index < -0.39 is 0 Å². The maximum absolute atomic E-state index is 12.9. The summed E-state index contributed by atoms with van der Waals surface area (Å²) in [4.78, 5) is 39.7. The number of hydrogen-bond acceptors (Lipinski definition) is 4. The van der Waals surface area contributed by atoms with Crippen molar-refractivity contribution >= 4 is 30.1 Å². The predicted octanol–water partition coefficient (Wildman–Crippen LogP) is 2.91. The van der Waals surface area contributed by atoms with Gasteiger partial charge in [-0.15, -0.1) is 12.4 Å². The van der Waals surface area contributed by atoms with Crippen molar-refractivity contribution in [3.8, 4) is 0 Å². The summed E-state index contributed by atoms with van der Waals surface area (Å²) in [6.07, 6.45) is 7.01. The Morgan fingerprint density at radius 1 is 1.04 bits per heavy atom. The lowest BCUT2D eigenvalue weighted by Crippen LogP contribution is -2.51. The molecule has 2 unspecified atom stereocenters. The zero-order valence-electron chi connectivity index (χ0n) is 16.2. The molecule has 0 aromatic heterocycles. The Labute approximate surface area is 171 Å². The molecule has 28 heavy (non-hydrogen) atoms. The van der Waals surface area contributed by atoms with E-state index in [-0.39, 0.29) is 48.3 Å². The van der Waals surface area contributed by atoms with Crippen LogP contribution < -0.4 is 10.6 Å². The summed E-state index contributed by atoms with van der Waals surface area (Å²) < 4.78 is 0. The molecule has 1 aromatic carbocycles. The van der Waals surface area contributed by atoms with Gasteiger partial charge >= 0.3 is 0 Å². The highest BCUT2D eigenvalue weighted by molar-refractivity contribution is 6.22. The first kappa shape index (κ1) is 20.8. The van der Waals surface area contributed by atoms with Crippen LogP contribution in [0.3, 0.4) is 0 Å². The molecule has 2 heterocycles. The smallest absolute Gasteiger partial charge is 0.261 e. The van der Waals surface area contributed by atoms with E-state index in [1.54, 1.807) is 18.2 Å². The predicted molar refractivity (Wildman–Crippen MR) is 109 cm³/mol. The van der Waals surface area contributed by atoms with Crippen molar-refractivity contribution in [1.82, 2.24) is 15.5 Å². The molecule has 2 fully saturated rings. The van der Waals surface area contributed by atoms with Crippen LogP contribution in [-0.4, -0.2) is 47.3 Å². The van der Waals surface area contributed by atoms with E-state index >= 15 is 0 Å². The van der Waals surface area contributed by atoms with E-state index in [4.69, 9.17) is 0 Å². The van der Waals surface area contributed by atoms with Gasteiger partial charge in [-0.3, -0.25) is 19.3 Å². The lowest BCUT2D eigenvalue weighted by molar-refractivity contribution is 0.0548. The topological polar surface area (TPSA) is 78.5 Å². The number of nitrogens with one attached hydrogen (secondary N) is 2. The van der Waals surface area contributed by atoms with Crippen LogP contribution in [0.1, 0.15) is 82.9 Å². The molecule has 1 aromatic rings. The van der Waals surface area contributed by atoms with Gasteiger partial charge in [-0.05, 0) is 57.4 Å². The number of fused-ring (bicyclic) bond motifs is 1. The van der Waals surface area contributed by atoms with Crippen LogP contribution in [0.4, 0.5) is 0 Å². The first-order chi connectivity index (χ1) is 13.1. The van der Waals surface area contributed by atoms with E-state index in [1.165, 1.54) is 11.3 Å². The third-order valence-electron chi connectivity index (χ3n) is 6.20.